The van der Waals surface area contributed by atoms with E-state index in [1.54, 1.807) is 0 Å². The molecule has 1 rings (SSSR count). The van der Waals surface area contributed by atoms with Crippen molar-refractivity contribution in [2.45, 2.75) is 65.1 Å². The molecule has 0 atom stereocenters. The molecule has 0 aromatic carbocycles. The summed E-state index contributed by atoms with van der Waals surface area (Å²) in [6.45, 7) is 8.53. The highest BCUT2D eigenvalue weighted by molar-refractivity contribution is 6.84. The van der Waals surface area contributed by atoms with Crippen molar-refractivity contribution in [3.63, 3.8) is 0 Å². The fourth-order valence-electron chi connectivity index (χ4n) is 1.95. The van der Waals surface area contributed by atoms with Gasteiger partial charge in [-0.2, -0.15) is 0 Å². The molecular weight excluding hydrogens is 272 g/mol. The second-order valence-electron chi connectivity index (χ2n) is 6.30. The molecule has 1 aliphatic carbocycles. The Balaban J connectivity index is 2.95. The van der Waals surface area contributed by atoms with E-state index in [-0.39, 0.29) is 5.78 Å². The average Bonchev–Trinajstić information content (AvgIpc) is 2.44. The SMILES string of the molecule is CCCC#CC#CC1=C(C(=O)C#C[Si](C)(C)C)CCCC1. The number of carbonyl (C=O) groups excluding carboxylic acids is 1. The van der Waals surface area contributed by atoms with Crippen LogP contribution in [-0.4, -0.2) is 13.9 Å². The van der Waals surface area contributed by atoms with Crippen molar-refractivity contribution in [3.8, 4) is 35.1 Å². The molecule has 0 unspecified atom stereocenters. The third kappa shape index (κ3) is 7.03. The van der Waals surface area contributed by atoms with Crippen LogP contribution >= 0.6 is 0 Å². The Bertz CT molecular complexity index is 598. The molecule has 0 fully saturated rings. The maximum atomic E-state index is 12.3. The normalized spacial score (nSPS) is 14.1. The zero-order valence-electron chi connectivity index (χ0n) is 13.7. The van der Waals surface area contributed by atoms with Crippen LogP contribution in [0, 0.1) is 35.1 Å². The highest BCUT2D eigenvalue weighted by Gasteiger charge is 2.17. The first kappa shape index (κ1) is 17.4. The van der Waals surface area contributed by atoms with Gasteiger partial charge < -0.3 is 0 Å². The summed E-state index contributed by atoms with van der Waals surface area (Å²) in [6, 6.07) is 0. The predicted octanol–water partition coefficient (Wildman–Crippen LogP) is 4.11. The highest BCUT2D eigenvalue weighted by Crippen LogP contribution is 2.24. The molecule has 0 bridgehead atoms. The Morgan fingerprint density at radius 2 is 1.86 bits per heavy atom. The van der Waals surface area contributed by atoms with Gasteiger partial charge >= 0.3 is 0 Å². The molecule has 2 heteroatoms. The number of unbranched alkanes of at least 4 members (excludes halogenated alkanes) is 1. The van der Waals surface area contributed by atoms with Crippen molar-refractivity contribution < 1.29 is 4.79 Å². The van der Waals surface area contributed by atoms with Crippen molar-refractivity contribution in [2.75, 3.05) is 0 Å². The lowest BCUT2D eigenvalue weighted by Crippen LogP contribution is -2.17. The minimum absolute atomic E-state index is 0.0251. The minimum Gasteiger partial charge on any atom is -0.280 e. The van der Waals surface area contributed by atoms with Gasteiger partial charge in [-0.1, -0.05) is 38.4 Å². The predicted molar refractivity (Wildman–Crippen MR) is 92.1 cm³/mol. The van der Waals surface area contributed by atoms with Crippen molar-refractivity contribution in [3.05, 3.63) is 11.1 Å². The fourth-order valence-corrected chi connectivity index (χ4v) is 2.44. The van der Waals surface area contributed by atoms with Gasteiger partial charge in [0.25, 0.3) is 0 Å². The Morgan fingerprint density at radius 3 is 2.52 bits per heavy atom. The van der Waals surface area contributed by atoms with E-state index in [1.165, 1.54) is 0 Å². The van der Waals surface area contributed by atoms with Gasteiger partial charge in [0.05, 0.1) is 0 Å². The summed E-state index contributed by atoms with van der Waals surface area (Å²) in [5.74, 6) is 14.7. The Labute approximate surface area is 130 Å². The standard InChI is InChI=1S/C19H24OSi/c1-5-6-7-8-9-12-17-13-10-11-14-18(17)19(20)15-16-21(2,3)4/h5-6,10-11,13-14H2,1-4H3. The summed E-state index contributed by atoms with van der Waals surface area (Å²) in [5, 5.41) is 0. The average molecular weight is 296 g/mol. The van der Waals surface area contributed by atoms with Crippen LogP contribution in [0.5, 0.6) is 0 Å². The molecule has 0 heterocycles. The zero-order valence-corrected chi connectivity index (χ0v) is 14.7. The topological polar surface area (TPSA) is 17.1 Å². The third-order valence-corrected chi connectivity index (χ3v) is 3.91. The number of rotatable bonds is 2. The molecule has 0 saturated carbocycles. The van der Waals surface area contributed by atoms with Crippen LogP contribution in [-0.2, 0) is 4.79 Å². The lowest BCUT2D eigenvalue weighted by Gasteiger charge is -2.13. The van der Waals surface area contributed by atoms with E-state index in [1.807, 2.05) is 0 Å². The van der Waals surface area contributed by atoms with E-state index < -0.39 is 8.07 Å². The zero-order chi connectivity index (χ0) is 15.7. The third-order valence-electron chi connectivity index (χ3n) is 3.03. The Hall–Kier alpha value is -1.69. The van der Waals surface area contributed by atoms with Crippen LogP contribution in [0.3, 0.4) is 0 Å². The molecule has 0 aromatic heterocycles. The summed E-state index contributed by atoms with van der Waals surface area (Å²) in [4.78, 5) is 12.3. The summed E-state index contributed by atoms with van der Waals surface area (Å²) < 4.78 is 0. The maximum Gasteiger partial charge on any atom is 0.232 e. The van der Waals surface area contributed by atoms with Gasteiger partial charge in [-0.05, 0) is 49.9 Å². The van der Waals surface area contributed by atoms with Gasteiger partial charge in [-0.15, -0.1) is 5.54 Å². The highest BCUT2D eigenvalue weighted by atomic mass is 28.3. The summed E-state index contributed by atoms with van der Waals surface area (Å²) in [5.41, 5.74) is 4.94. The first-order valence-electron chi connectivity index (χ1n) is 7.72. The molecule has 1 nitrogen and oxygen atoms in total. The molecule has 0 aromatic rings. The van der Waals surface area contributed by atoms with E-state index in [2.05, 4.69) is 61.7 Å². The Kier molecular flexibility index (Phi) is 7.08. The van der Waals surface area contributed by atoms with E-state index in [9.17, 15) is 4.79 Å². The smallest absolute Gasteiger partial charge is 0.232 e. The molecule has 0 aliphatic heterocycles. The first-order valence-corrected chi connectivity index (χ1v) is 11.2. The molecule has 0 radical (unpaired) electrons. The molecule has 1 aliphatic rings. The van der Waals surface area contributed by atoms with Gasteiger partial charge in [-0.25, -0.2) is 0 Å². The second-order valence-corrected chi connectivity index (χ2v) is 11.0. The van der Waals surface area contributed by atoms with Gasteiger partial charge in [-0.3, -0.25) is 4.79 Å². The summed E-state index contributed by atoms with van der Waals surface area (Å²) in [7, 11) is -1.51. The number of allylic oxidation sites excluding steroid dienone is 2. The van der Waals surface area contributed by atoms with E-state index >= 15 is 0 Å². The monoisotopic (exact) mass is 296 g/mol. The van der Waals surface area contributed by atoms with Crippen LogP contribution in [0.1, 0.15) is 45.4 Å². The molecule has 21 heavy (non-hydrogen) atoms. The first-order chi connectivity index (χ1) is 9.94. The summed E-state index contributed by atoms with van der Waals surface area (Å²) in [6.07, 6.45) is 5.78. The number of hydrogen-bond acceptors (Lipinski definition) is 1. The quantitative estimate of drug-likeness (QED) is 0.553. The Morgan fingerprint density at radius 1 is 1.14 bits per heavy atom. The number of carbonyl (C=O) groups is 1. The lowest BCUT2D eigenvalue weighted by atomic mass is 9.89. The minimum atomic E-state index is -1.51. The number of Topliss-reactive ketones (excluding diaryl/α,β-unsaturated/α-hetero) is 1. The van der Waals surface area contributed by atoms with Crippen LogP contribution in [0.4, 0.5) is 0 Å². The maximum absolute atomic E-state index is 12.3. The van der Waals surface area contributed by atoms with Crippen molar-refractivity contribution in [2.24, 2.45) is 0 Å². The molecule has 0 N–H and O–H groups in total. The van der Waals surface area contributed by atoms with E-state index in [0.717, 1.165) is 49.7 Å². The summed E-state index contributed by atoms with van der Waals surface area (Å²) >= 11 is 0. The molecule has 110 valence electrons. The van der Waals surface area contributed by atoms with Gasteiger partial charge in [0.2, 0.25) is 5.78 Å². The van der Waals surface area contributed by atoms with E-state index in [0.29, 0.717) is 0 Å². The second kappa shape index (κ2) is 8.56. The van der Waals surface area contributed by atoms with Gasteiger partial charge in [0.1, 0.15) is 8.07 Å². The van der Waals surface area contributed by atoms with Crippen LogP contribution in [0.15, 0.2) is 11.1 Å². The number of hydrogen-bond donors (Lipinski definition) is 0. The van der Waals surface area contributed by atoms with Crippen molar-refractivity contribution >= 4 is 13.9 Å². The number of ketones is 1. The van der Waals surface area contributed by atoms with Gasteiger partial charge in [0.15, 0.2) is 0 Å². The lowest BCUT2D eigenvalue weighted by molar-refractivity contribution is -0.110. The van der Waals surface area contributed by atoms with E-state index in [4.69, 9.17) is 0 Å². The van der Waals surface area contributed by atoms with Crippen molar-refractivity contribution in [1.82, 2.24) is 0 Å². The van der Waals surface area contributed by atoms with Crippen LogP contribution in [0.25, 0.3) is 0 Å². The van der Waals surface area contributed by atoms with Crippen LogP contribution in [0.2, 0.25) is 19.6 Å². The fraction of sp³-hybridized carbons (Fsp3) is 0.526. The van der Waals surface area contributed by atoms with Crippen LogP contribution < -0.4 is 0 Å². The molecule has 0 saturated heterocycles. The van der Waals surface area contributed by atoms with Gasteiger partial charge in [0, 0.05) is 17.6 Å². The van der Waals surface area contributed by atoms with Crippen molar-refractivity contribution in [1.29, 1.82) is 0 Å². The molecule has 0 spiro atoms. The molecule has 0 amide bonds. The largest absolute Gasteiger partial charge is 0.280 e. The molecular formula is C19H24OSi.